The molecule has 0 unspecified atom stereocenters. The van der Waals surface area contributed by atoms with Crippen LogP contribution in [-0.2, 0) is 0 Å². The first-order valence-electron chi connectivity index (χ1n) is 3.78. The fraction of sp³-hybridized carbons (Fsp3) is 0.111. The molecule has 0 bridgehead atoms. The Morgan fingerprint density at radius 3 is 2.92 bits per heavy atom. The summed E-state index contributed by atoms with van der Waals surface area (Å²) in [7, 11) is 0. The van der Waals surface area contributed by atoms with E-state index in [9.17, 15) is 0 Å². The SMILES string of the molecule is Cc1cncc(-n2cccn2)c1. The molecule has 0 spiro atoms. The monoisotopic (exact) mass is 159 g/mol. The molecule has 0 aliphatic carbocycles. The van der Waals surface area contributed by atoms with Gasteiger partial charge < -0.3 is 0 Å². The van der Waals surface area contributed by atoms with E-state index in [1.54, 1.807) is 17.1 Å². The minimum absolute atomic E-state index is 1.00. The van der Waals surface area contributed by atoms with Crippen LogP contribution in [0.25, 0.3) is 5.69 Å². The Hall–Kier alpha value is -1.64. The molecule has 0 fully saturated rings. The fourth-order valence-corrected chi connectivity index (χ4v) is 1.09. The van der Waals surface area contributed by atoms with Crippen LogP contribution in [0.3, 0.4) is 0 Å². The molecule has 0 atom stereocenters. The molecule has 0 N–H and O–H groups in total. The van der Waals surface area contributed by atoms with Gasteiger partial charge in [-0.05, 0) is 24.6 Å². The molecule has 12 heavy (non-hydrogen) atoms. The quantitative estimate of drug-likeness (QED) is 0.632. The summed E-state index contributed by atoms with van der Waals surface area (Å²) in [5.41, 5.74) is 2.14. The van der Waals surface area contributed by atoms with Crippen LogP contribution in [0.15, 0.2) is 36.9 Å². The molecule has 0 saturated carbocycles. The van der Waals surface area contributed by atoms with Gasteiger partial charge in [0.15, 0.2) is 0 Å². The Kier molecular flexibility index (Phi) is 1.63. The molecule has 0 saturated heterocycles. The van der Waals surface area contributed by atoms with Crippen LogP contribution in [-0.4, -0.2) is 14.8 Å². The first-order valence-corrected chi connectivity index (χ1v) is 3.78. The first kappa shape index (κ1) is 7.03. The molecule has 60 valence electrons. The second-order valence-electron chi connectivity index (χ2n) is 2.67. The van der Waals surface area contributed by atoms with Crippen LogP contribution in [0.2, 0.25) is 0 Å². The Labute approximate surface area is 70.7 Å². The lowest BCUT2D eigenvalue weighted by Crippen LogP contribution is -1.94. The Bertz CT molecular complexity index is 365. The lowest BCUT2D eigenvalue weighted by Gasteiger charge is -2.00. The van der Waals surface area contributed by atoms with Crippen molar-refractivity contribution in [2.75, 3.05) is 0 Å². The van der Waals surface area contributed by atoms with Crippen molar-refractivity contribution in [2.45, 2.75) is 6.92 Å². The smallest absolute Gasteiger partial charge is 0.0831 e. The topological polar surface area (TPSA) is 30.7 Å². The van der Waals surface area contributed by atoms with Crippen molar-refractivity contribution in [3.8, 4) is 5.69 Å². The van der Waals surface area contributed by atoms with Crippen LogP contribution >= 0.6 is 0 Å². The molecule has 2 heterocycles. The van der Waals surface area contributed by atoms with Gasteiger partial charge >= 0.3 is 0 Å². The highest BCUT2D eigenvalue weighted by atomic mass is 15.3. The third-order valence-corrected chi connectivity index (χ3v) is 1.63. The van der Waals surface area contributed by atoms with Crippen LogP contribution in [0.5, 0.6) is 0 Å². The number of nitrogens with zero attached hydrogens (tertiary/aromatic N) is 3. The van der Waals surface area contributed by atoms with Crippen LogP contribution in [0.4, 0.5) is 0 Å². The largest absolute Gasteiger partial charge is 0.262 e. The van der Waals surface area contributed by atoms with E-state index in [0.717, 1.165) is 11.3 Å². The Balaban J connectivity index is 2.48. The maximum Gasteiger partial charge on any atom is 0.0831 e. The zero-order chi connectivity index (χ0) is 8.39. The van der Waals surface area contributed by atoms with Gasteiger partial charge in [0.25, 0.3) is 0 Å². The van der Waals surface area contributed by atoms with E-state index in [1.165, 1.54) is 0 Å². The first-order chi connectivity index (χ1) is 5.86. The van der Waals surface area contributed by atoms with E-state index >= 15 is 0 Å². The van der Waals surface area contributed by atoms with Gasteiger partial charge in [0.2, 0.25) is 0 Å². The molecular weight excluding hydrogens is 150 g/mol. The number of pyridine rings is 1. The highest BCUT2D eigenvalue weighted by molar-refractivity contribution is 5.30. The number of hydrogen-bond acceptors (Lipinski definition) is 2. The number of hydrogen-bond donors (Lipinski definition) is 0. The van der Waals surface area contributed by atoms with Gasteiger partial charge in [-0.1, -0.05) is 0 Å². The zero-order valence-corrected chi connectivity index (χ0v) is 6.81. The van der Waals surface area contributed by atoms with Gasteiger partial charge in [0.05, 0.1) is 11.9 Å². The molecular formula is C9H9N3. The van der Waals surface area contributed by atoms with Crippen molar-refractivity contribution >= 4 is 0 Å². The minimum atomic E-state index is 1.00. The van der Waals surface area contributed by atoms with Crippen molar-refractivity contribution in [1.29, 1.82) is 0 Å². The zero-order valence-electron chi connectivity index (χ0n) is 6.81. The molecule has 0 amide bonds. The van der Waals surface area contributed by atoms with Crippen molar-refractivity contribution in [2.24, 2.45) is 0 Å². The third-order valence-electron chi connectivity index (χ3n) is 1.63. The van der Waals surface area contributed by atoms with Gasteiger partial charge in [-0.25, -0.2) is 4.68 Å². The lowest BCUT2D eigenvalue weighted by molar-refractivity contribution is 0.872. The van der Waals surface area contributed by atoms with Crippen LogP contribution in [0, 0.1) is 6.92 Å². The van der Waals surface area contributed by atoms with Crippen molar-refractivity contribution in [3.05, 3.63) is 42.5 Å². The maximum absolute atomic E-state index is 4.10. The highest BCUT2D eigenvalue weighted by Crippen LogP contribution is 2.05. The van der Waals surface area contributed by atoms with E-state index < -0.39 is 0 Å². The molecule has 2 aromatic rings. The van der Waals surface area contributed by atoms with Crippen molar-refractivity contribution < 1.29 is 0 Å². The summed E-state index contributed by atoms with van der Waals surface area (Å²) in [5, 5.41) is 4.10. The number of rotatable bonds is 1. The molecule has 0 aliphatic heterocycles. The summed E-state index contributed by atoms with van der Waals surface area (Å²) in [5.74, 6) is 0. The maximum atomic E-state index is 4.10. The summed E-state index contributed by atoms with van der Waals surface area (Å²) in [4.78, 5) is 4.08. The normalized spacial score (nSPS) is 10.1. The van der Waals surface area contributed by atoms with E-state index in [-0.39, 0.29) is 0 Å². The highest BCUT2D eigenvalue weighted by Gasteiger charge is 1.94. The van der Waals surface area contributed by atoms with E-state index in [1.807, 2.05) is 31.5 Å². The van der Waals surface area contributed by atoms with Crippen LogP contribution < -0.4 is 0 Å². The molecule has 3 nitrogen and oxygen atoms in total. The minimum Gasteiger partial charge on any atom is -0.262 e. The van der Waals surface area contributed by atoms with Crippen molar-refractivity contribution in [1.82, 2.24) is 14.8 Å². The average Bonchev–Trinajstić information content (AvgIpc) is 2.56. The summed E-state index contributed by atoms with van der Waals surface area (Å²) >= 11 is 0. The lowest BCUT2D eigenvalue weighted by atomic mass is 10.3. The Morgan fingerprint density at radius 2 is 2.25 bits per heavy atom. The molecule has 0 aromatic carbocycles. The van der Waals surface area contributed by atoms with E-state index in [0.29, 0.717) is 0 Å². The van der Waals surface area contributed by atoms with E-state index in [2.05, 4.69) is 10.1 Å². The number of aryl methyl sites for hydroxylation is 1. The second-order valence-corrected chi connectivity index (χ2v) is 2.67. The fourth-order valence-electron chi connectivity index (χ4n) is 1.09. The van der Waals surface area contributed by atoms with Crippen LogP contribution in [0.1, 0.15) is 5.56 Å². The van der Waals surface area contributed by atoms with E-state index in [4.69, 9.17) is 0 Å². The summed E-state index contributed by atoms with van der Waals surface area (Å²) in [6.07, 6.45) is 7.27. The summed E-state index contributed by atoms with van der Waals surface area (Å²) in [6.45, 7) is 2.01. The summed E-state index contributed by atoms with van der Waals surface area (Å²) in [6, 6.07) is 3.93. The molecule has 0 radical (unpaired) electrons. The molecule has 2 rings (SSSR count). The van der Waals surface area contributed by atoms with Crippen molar-refractivity contribution in [3.63, 3.8) is 0 Å². The van der Waals surface area contributed by atoms with Gasteiger partial charge in [-0.2, -0.15) is 5.10 Å². The molecule has 0 aliphatic rings. The third kappa shape index (κ3) is 1.21. The average molecular weight is 159 g/mol. The summed E-state index contributed by atoms with van der Waals surface area (Å²) < 4.78 is 1.79. The predicted octanol–water partition coefficient (Wildman–Crippen LogP) is 1.58. The molecule has 2 aromatic heterocycles. The Morgan fingerprint density at radius 1 is 1.33 bits per heavy atom. The van der Waals surface area contributed by atoms with Gasteiger partial charge in [-0.3, -0.25) is 4.98 Å². The second kappa shape index (κ2) is 2.77. The van der Waals surface area contributed by atoms with Gasteiger partial charge in [0.1, 0.15) is 0 Å². The van der Waals surface area contributed by atoms with Gasteiger partial charge in [-0.15, -0.1) is 0 Å². The standard InChI is InChI=1S/C9H9N3/c1-8-5-9(7-10-6-8)12-4-2-3-11-12/h2-7H,1H3. The number of aromatic nitrogens is 3. The van der Waals surface area contributed by atoms with Gasteiger partial charge in [0, 0.05) is 18.6 Å². The molecule has 3 heteroatoms. The predicted molar refractivity (Wildman–Crippen MR) is 46.1 cm³/mol.